The second kappa shape index (κ2) is 4.69. The zero-order chi connectivity index (χ0) is 14.2. The summed E-state index contributed by atoms with van der Waals surface area (Å²) in [6.45, 7) is 0. The third-order valence-corrected chi connectivity index (χ3v) is 2.67. The second-order valence-corrected chi connectivity index (χ2v) is 4.04. The fourth-order valence-corrected chi connectivity index (χ4v) is 1.72. The van der Waals surface area contributed by atoms with Gasteiger partial charge in [-0.1, -0.05) is 11.6 Å². The molecule has 2 aromatic heterocycles. The molecule has 2 heterocycles. The molecule has 0 unspecified atom stereocenters. The molecule has 0 N–H and O–H groups in total. The molecular formula is C10H7ClF3N3O2. The number of aromatic nitrogens is 3. The number of carbonyl (C=O) groups is 1. The van der Waals surface area contributed by atoms with Gasteiger partial charge in [0.25, 0.3) is 0 Å². The van der Waals surface area contributed by atoms with Gasteiger partial charge in [-0.25, -0.2) is 0 Å². The van der Waals surface area contributed by atoms with Gasteiger partial charge in [0.05, 0.1) is 17.7 Å². The third kappa shape index (κ3) is 2.62. The van der Waals surface area contributed by atoms with Crippen molar-refractivity contribution in [2.24, 2.45) is 0 Å². The highest BCUT2D eigenvalue weighted by molar-refractivity contribution is 6.33. The van der Waals surface area contributed by atoms with E-state index in [1.165, 1.54) is 7.11 Å². The fourth-order valence-electron chi connectivity index (χ4n) is 1.48. The molecule has 102 valence electrons. The molecule has 5 nitrogen and oxygen atoms in total. The topological polar surface area (TPSA) is 56.5 Å². The van der Waals surface area contributed by atoms with Gasteiger partial charge in [-0.15, -0.1) is 10.2 Å². The molecule has 0 fully saturated rings. The predicted molar refractivity (Wildman–Crippen MR) is 58.7 cm³/mol. The average Bonchev–Trinajstić information content (AvgIpc) is 2.72. The van der Waals surface area contributed by atoms with E-state index in [1.54, 1.807) is 0 Å². The lowest BCUT2D eigenvalue weighted by molar-refractivity contribution is -0.140. The number of methoxy groups -OCH3 is 1. The maximum absolute atomic E-state index is 12.7. The van der Waals surface area contributed by atoms with Gasteiger partial charge >= 0.3 is 12.1 Å². The van der Waals surface area contributed by atoms with E-state index in [2.05, 4.69) is 14.9 Å². The third-order valence-electron chi connectivity index (χ3n) is 2.39. The Morgan fingerprint density at radius 3 is 2.74 bits per heavy atom. The Morgan fingerprint density at radius 2 is 2.16 bits per heavy atom. The molecule has 0 spiro atoms. The van der Waals surface area contributed by atoms with Crippen molar-refractivity contribution in [2.45, 2.75) is 12.6 Å². The number of pyridine rings is 1. The summed E-state index contributed by atoms with van der Waals surface area (Å²) in [6, 6.07) is 0.757. The summed E-state index contributed by atoms with van der Waals surface area (Å²) in [5.41, 5.74) is -0.899. The molecule has 0 aliphatic rings. The van der Waals surface area contributed by atoms with Crippen molar-refractivity contribution in [1.29, 1.82) is 0 Å². The molecular weight excluding hydrogens is 287 g/mol. The van der Waals surface area contributed by atoms with Crippen molar-refractivity contribution in [3.8, 4) is 0 Å². The summed E-state index contributed by atoms with van der Waals surface area (Å²) in [6.07, 6.45) is -4.06. The monoisotopic (exact) mass is 293 g/mol. The number of hydrogen-bond donors (Lipinski definition) is 0. The van der Waals surface area contributed by atoms with Crippen LogP contribution in [-0.4, -0.2) is 27.7 Å². The van der Waals surface area contributed by atoms with Crippen LogP contribution >= 0.6 is 11.6 Å². The van der Waals surface area contributed by atoms with Gasteiger partial charge < -0.3 is 4.74 Å². The normalized spacial score (nSPS) is 11.8. The van der Waals surface area contributed by atoms with Crippen LogP contribution in [-0.2, 0) is 22.1 Å². The number of halogens is 4. The standard InChI is InChI=1S/C10H7ClF3N3O2/c1-19-8(18)3-7-15-16-9-6(11)2-5(4-17(7)9)10(12,13)14/h2,4H,3H2,1H3. The minimum atomic E-state index is -4.55. The number of rotatable bonds is 2. The molecule has 0 aliphatic heterocycles. The highest BCUT2D eigenvalue weighted by atomic mass is 35.5. The van der Waals surface area contributed by atoms with E-state index in [1.807, 2.05) is 0 Å². The molecule has 2 rings (SSSR count). The Hall–Kier alpha value is -1.83. The number of carbonyl (C=O) groups excluding carboxylic acids is 1. The van der Waals surface area contributed by atoms with Gasteiger partial charge in [-0.05, 0) is 6.07 Å². The summed E-state index contributed by atoms with van der Waals surface area (Å²) in [7, 11) is 1.17. The van der Waals surface area contributed by atoms with Gasteiger partial charge in [-0.2, -0.15) is 13.2 Å². The van der Waals surface area contributed by atoms with E-state index in [4.69, 9.17) is 11.6 Å². The minimum Gasteiger partial charge on any atom is -0.469 e. The lowest BCUT2D eigenvalue weighted by Crippen LogP contribution is -2.10. The van der Waals surface area contributed by atoms with Gasteiger partial charge in [-0.3, -0.25) is 9.20 Å². The van der Waals surface area contributed by atoms with Crippen LogP contribution in [0.1, 0.15) is 11.4 Å². The second-order valence-electron chi connectivity index (χ2n) is 3.64. The van der Waals surface area contributed by atoms with E-state index >= 15 is 0 Å². The summed E-state index contributed by atoms with van der Waals surface area (Å²) >= 11 is 5.71. The molecule has 0 aromatic carbocycles. The van der Waals surface area contributed by atoms with Crippen molar-refractivity contribution in [3.05, 3.63) is 28.7 Å². The first kappa shape index (κ1) is 13.6. The van der Waals surface area contributed by atoms with Crippen LogP contribution in [0.2, 0.25) is 5.02 Å². The molecule has 9 heteroatoms. The SMILES string of the molecule is COC(=O)Cc1nnc2c(Cl)cc(C(F)(F)F)cn12. The van der Waals surface area contributed by atoms with Gasteiger partial charge in [0.1, 0.15) is 12.2 Å². The molecule has 2 aromatic rings. The zero-order valence-corrected chi connectivity index (χ0v) is 10.3. The minimum absolute atomic E-state index is 0.0230. The first-order chi connectivity index (χ1) is 8.82. The molecule has 0 saturated carbocycles. The van der Waals surface area contributed by atoms with Crippen LogP contribution in [0.15, 0.2) is 12.3 Å². The van der Waals surface area contributed by atoms with E-state index in [-0.39, 0.29) is 22.9 Å². The molecule has 0 aliphatic carbocycles. The Labute approximate surface area is 109 Å². The smallest absolute Gasteiger partial charge is 0.417 e. The fraction of sp³-hybridized carbons (Fsp3) is 0.300. The molecule has 19 heavy (non-hydrogen) atoms. The average molecular weight is 294 g/mol. The maximum atomic E-state index is 12.7. The molecule has 0 atom stereocenters. The zero-order valence-electron chi connectivity index (χ0n) is 9.53. The molecule has 0 saturated heterocycles. The number of ether oxygens (including phenoxy) is 1. The molecule has 0 bridgehead atoms. The van der Waals surface area contributed by atoms with Crippen molar-refractivity contribution >= 4 is 23.2 Å². The first-order valence-electron chi connectivity index (χ1n) is 5.00. The number of hydrogen-bond acceptors (Lipinski definition) is 4. The van der Waals surface area contributed by atoms with E-state index in [0.29, 0.717) is 0 Å². The van der Waals surface area contributed by atoms with Crippen LogP contribution in [0.3, 0.4) is 0 Å². The molecule has 0 amide bonds. The van der Waals surface area contributed by atoms with Crippen LogP contribution in [0, 0.1) is 0 Å². The van der Waals surface area contributed by atoms with Gasteiger partial charge in [0.2, 0.25) is 0 Å². The van der Waals surface area contributed by atoms with Crippen molar-refractivity contribution in [1.82, 2.24) is 14.6 Å². The number of esters is 1. The highest BCUT2D eigenvalue weighted by Gasteiger charge is 2.32. The molecule has 0 radical (unpaired) electrons. The van der Waals surface area contributed by atoms with Crippen LogP contribution < -0.4 is 0 Å². The van der Waals surface area contributed by atoms with Crippen molar-refractivity contribution in [2.75, 3.05) is 7.11 Å². The Morgan fingerprint density at radius 1 is 1.47 bits per heavy atom. The maximum Gasteiger partial charge on any atom is 0.417 e. The first-order valence-corrected chi connectivity index (χ1v) is 5.38. The van der Waals surface area contributed by atoms with Crippen LogP contribution in [0.25, 0.3) is 5.65 Å². The summed E-state index contributed by atoms with van der Waals surface area (Å²) < 4.78 is 43.4. The van der Waals surface area contributed by atoms with Crippen molar-refractivity contribution in [3.63, 3.8) is 0 Å². The summed E-state index contributed by atoms with van der Waals surface area (Å²) in [5.74, 6) is -0.613. The van der Waals surface area contributed by atoms with Gasteiger partial charge in [0, 0.05) is 6.20 Å². The lowest BCUT2D eigenvalue weighted by atomic mass is 10.2. The largest absolute Gasteiger partial charge is 0.469 e. The van der Waals surface area contributed by atoms with Crippen LogP contribution in [0.4, 0.5) is 13.2 Å². The van der Waals surface area contributed by atoms with E-state index in [9.17, 15) is 18.0 Å². The van der Waals surface area contributed by atoms with Crippen molar-refractivity contribution < 1.29 is 22.7 Å². The predicted octanol–water partition coefficient (Wildman–Crippen LogP) is 2.12. The lowest BCUT2D eigenvalue weighted by Gasteiger charge is -2.08. The Kier molecular flexibility index (Phi) is 3.36. The Bertz CT molecular complexity index is 639. The summed E-state index contributed by atoms with van der Waals surface area (Å²) in [5, 5.41) is 7.07. The number of fused-ring (bicyclic) bond motifs is 1. The summed E-state index contributed by atoms with van der Waals surface area (Å²) in [4.78, 5) is 11.1. The Balaban J connectivity index is 2.57. The number of alkyl halides is 3. The number of nitrogens with zero attached hydrogens (tertiary/aromatic N) is 3. The van der Waals surface area contributed by atoms with Gasteiger partial charge in [0.15, 0.2) is 5.65 Å². The quantitative estimate of drug-likeness (QED) is 0.796. The van der Waals surface area contributed by atoms with E-state index < -0.39 is 17.7 Å². The van der Waals surface area contributed by atoms with Crippen LogP contribution in [0.5, 0.6) is 0 Å². The highest BCUT2D eigenvalue weighted by Crippen LogP contribution is 2.32. The van der Waals surface area contributed by atoms with E-state index in [0.717, 1.165) is 16.7 Å².